The van der Waals surface area contributed by atoms with E-state index in [1.807, 2.05) is 47.5 Å². The molecule has 8 heteroatoms. The summed E-state index contributed by atoms with van der Waals surface area (Å²) in [5.41, 5.74) is 1.83. The van der Waals surface area contributed by atoms with Crippen LogP contribution in [0.5, 0.6) is 0 Å². The van der Waals surface area contributed by atoms with Crippen LogP contribution in [0.25, 0.3) is 10.8 Å². The van der Waals surface area contributed by atoms with Crippen molar-refractivity contribution in [1.29, 1.82) is 0 Å². The highest BCUT2D eigenvalue weighted by atomic mass is 79.9. The van der Waals surface area contributed by atoms with Gasteiger partial charge in [-0.3, -0.25) is 9.69 Å². The van der Waals surface area contributed by atoms with E-state index < -0.39 is 0 Å². The average Bonchev–Trinajstić information content (AvgIpc) is 3.29. The standard InChI is InChI=1S/C19H21BrN4O2S/c1-3-8-24(11-17(25)21-15-7-6-14(20)10-13(15)2)12-18-22-23-19(26-18)16-5-4-9-27-16/h4-7,9-10H,3,8,11-12H2,1-2H3,(H,21,25). The molecule has 1 aromatic carbocycles. The lowest BCUT2D eigenvalue weighted by molar-refractivity contribution is -0.117. The summed E-state index contributed by atoms with van der Waals surface area (Å²) < 4.78 is 6.74. The second kappa shape index (κ2) is 9.25. The van der Waals surface area contributed by atoms with Crippen molar-refractivity contribution in [2.24, 2.45) is 0 Å². The molecule has 0 saturated carbocycles. The van der Waals surface area contributed by atoms with Crippen LogP contribution in [-0.2, 0) is 11.3 Å². The first kappa shape index (κ1) is 19.7. The first-order valence-corrected chi connectivity index (χ1v) is 10.4. The Labute approximate surface area is 170 Å². The Morgan fingerprint density at radius 2 is 2.19 bits per heavy atom. The highest BCUT2D eigenvalue weighted by molar-refractivity contribution is 9.10. The highest BCUT2D eigenvalue weighted by Gasteiger charge is 2.16. The molecule has 142 valence electrons. The molecular weight excluding hydrogens is 428 g/mol. The van der Waals surface area contributed by atoms with Gasteiger partial charge in [0.15, 0.2) is 0 Å². The molecule has 6 nitrogen and oxygen atoms in total. The van der Waals surface area contributed by atoms with Gasteiger partial charge in [-0.25, -0.2) is 0 Å². The molecule has 1 amide bonds. The fraction of sp³-hybridized carbons (Fsp3) is 0.316. The summed E-state index contributed by atoms with van der Waals surface area (Å²) in [5.74, 6) is 0.970. The Kier molecular flexibility index (Phi) is 6.76. The fourth-order valence-electron chi connectivity index (χ4n) is 2.70. The maximum atomic E-state index is 12.5. The van der Waals surface area contributed by atoms with Gasteiger partial charge in [0, 0.05) is 10.2 Å². The maximum absolute atomic E-state index is 12.5. The van der Waals surface area contributed by atoms with Crippen LogP contribution < -0.4 is 5.32 Å². The lowest BCUT2D eigenvalue weighted by atomic mass is 10.2. The summed E-state index contributed by atoms with van der Waals surface area (Å²) in [7, 11) is 0. The van der Waals surface area contributed by atoms with Gasteiger partial charge in [-0.05, 0) is 55.1 Å². The molecule has 0 radical (unpaired) electrons. The zero-order valence-corrected chi connectivity index (χ0v) is 17.6. The van der Waals surface area contributed by atoms with Gasteiger partial charge in [-0.1, -0.05) is 28.9 Å². The molecule has 27 heavy (non-hydrogen) atoms. The molecule has 0 fully saturated rings. The quantitative estimate of drug-likeness (QED) is 0.539. The van der Waals surface area contributed by atoms with Crippen LogP contribution in [0.1, 0.15) is 24.8 Å². The third-order valence-corrected chi connectivity index (χ3v) is 5.28. The van der Waals surface area contributed by atoms with Gasteiger partial charge in [-0.2, -0.15) is 0 Å². The van der Waals surface area contributed by atoms with Crippen LogP contribution in [0.3, 0.4) is 0 Å². The molecule has 3 rings (SSSR count). The number of anilines is 1. The molecule has 0 atom stereocenters. The molecule has 0 bridgehead atoms. The number of rotatable bonds is 8. The number of nitrogens with one attached hydrogen (secondary N) is 1. The molecule has 0 aliphatic rings. The van der Waals surface area contributed by atoms with Crippen LogP contribution in [-0.4, -0.2) is 34.1 Å². The lowest BCUT2D eigenvalue weighted by Crippen LogP contribution is -2.33. The largest absolute Gasteiger partial charge is 0.419 e. The van der Waals surface area contributed by atoms with E-state index in [0.29, 0.717) is 18.3 Å². The van der Waals surface area contributed by atoms with Gasteiger partial charge >= 0.3 is 0 Å². The van der Waals surface area contributed by atoms with Gasteiger partial charge < -0.3 is 9.73 Å². The molecule has 0 unspecified atom stereocenters. The third-order valence-electron chi connectivity index (χ3n) is 3.93. The Hall–Kier alpha value is -2.03. The van der Waals surface area contributed by atoms with Crippen molar-refractivity contribution in [3.63, 3.8) is 0 Å². The first-order valence-electron chi connectivity index (χ1n) is 8.69. The van der Waals surface area contributed by atoms with Gasteiger partial charge in [0.05, 0.1) is 18.0 Å². The molecule has 1 N–H and O–H groups in total. The minimum Gasteiger partial charge on any atom is -0.419 e. The fourth-order valence-corrected chi connectivity index (χ4v) is 3.82. The molecule has 2 aromatic heterocycles. The highest BCUT2D eigenvalue weighted by Crippen LogP contribution is 2.23. The predicted molar refractivity (Wildman–Crippen MR) is 111 cm³/mol. The van der Waals surface area contributed by atoms with E-state index in [9.17, 15) is 4.79 Å². The number of hydrogen-bond acceptors (Lipinski definition) is 6. The van der Waals surface area contributed by atoms with E-state index >= 15 is 0 Å². The summed E-state index contributed by atoms with van der Waals surface area (Å²) in [5, 5.41) is 13.2. The van der Waals surface area contributed by atoms with Gasteiger partial charge in [0.2, 0.25) is 11.8 Å². The van der Waals surface area contributed by atoms with E-state index in [-0.39, 0.29) is 12.5 Å². The number of halogens is 1. The predicted octanol–water partition coefficient (Wildman–Crippen LogP) is 4.72. The molecular formula is C19H21BrN4O2S. The number of aryl methyl sites for hydroxylation is 1. The summed E-state index contributed by atoms with van der Waals surface area (Å²) in [4.78, 5) is 15.4. The van der Waals surface area contributed by atoms with Crippen LogP contribution >= 0.6 is 27.3 Å². The lowest BCUT2D eigenvalue weighted by Gasteiger charge is -2.19. The van der Waals surface area contributed by atoms with Crippen molar-refractivity contribution in [1.82, 2.24) is 15.1 Å². The molecule has 0 aliphatic heterocycles. The number of thiophene rings is 1. The van der Waals surface area contributed by atoms with E-state index in [0.717, 1.165) is 33.6 Å². The SMILES string of the molecule is CCCN(CC(=O)Nc1ccc(Br)cc1C)Cc1nnc(-c2cccs2)o1. The van der Waals surface area contributed by atoms with E-state index in [4.69, 9.17) is 4.42 Å². The van der Waals surface area contributed by atoms with Crippen molar-refractivity contribution in [3.05, 3.63) is 51.6 Å². The van der Waals surface area contributed by atoms with Gasteiger partial charge in [-0.15, -0.1) is 21.5 Å². The molecule has 0 spiro atoms. The zero-order valence-electron chi connectivity index (χ0n) is 15.2. The zero-order chi connectivity index (χ0) is 19.2. The number of nitrogens with zero attached hydrogens (tertiary/aromatic N) is 3. The van der Waals surface area contributed by atoms with E-state index in [1.165, 1.54) is 0 Å². The summed E-state index contributed by atoms with van der Waals surface area (Å²) in [6, 6.07) is 9.68. The smallest absolute Gasteiger partial charge is 0.257 e. The number of carbonyl (C=O) groups excluding carboxylic acids is 1. The van der Waals surface area contributed by atoms with Gasteiger partial charge in [0.25, 0.3) is 5.89 Å². The minimum absolute atomic E-state index is 0.0631. The summed E-state index contributed by atoms with van der Waals surface area (Å²) in [6.07, 6.45) is 0.927. The Morgan fingerprint density at radius 3 is 2.89 bits per heavy atom. The number of hydrogen-bond donors (Lipinski definition) is 1. The Balaban J connectivity index is 1.62. The minimum atomic E-state index is -0.0631. The maximum Gasteiger partial charge on any atom is 0.257 e. The number of carbonyl (C=O) groups is 1. The molecule has 2 heterocycles. The van der Waals surface area contributed by atoms with Crippen molar-refractivity contribution in [2.75, 3.05) is 18.4 Å². The molecule has 0 saturated heterocycles. The van der Waals surface area contributed by atoms with Crippen LogP contribution in [0, 0.1) is 6.92 Å². The summed E-state index contributed by atoms with van der Waals surface area (Å²) >= 11 is 4.99. The Morgan fingerprint density at radius 1 is 1.33 bits per heavy atom. The second-order valence-electron chi connectivity index (χ2n) is 6.20. The third kappa shape index (κ3) is 5.47. The van der Waals surface area contributed by atoms with Crippen LogP contribution in [0.15, 0.2) is 44.6 Å². The van der Waals surface area contributed by atoms with Crippen LogP contribution in [0.4, 0.5) is 5.69 Å². The monoisotopic (exact) mass is 448 g/mol. The van der Waals surface area contributed by atoms with E-state index in [1.54, 1.807) is 11.3 Å². The van der Waals surface area contributed by atoms with Crippen molar-refractivity contribution in [2.45, 2.75) is 26.8 Å². The number of amides is 1. The molecule has 0 aliphatic carbocycles. The average molecular weight is 449 g/mol. The molecule has 3 aromatic rings. The summed E-state index contributed by atoms with van der Waals surface area (Å²) in [6.45, 7) is 5.52. The van der Waals surface area contributed by atoms with Crippen molar-refractivity contribution >= 4 is 38.9 Å². The normalized spacial score (nSPS) is 11.1. The van der Waals surface area contributed by atoms with Crippen molar-refractivity contribution in [3.8, 4) is 10.8 Å². The van der Waals surface area contributed by atoms with Crippen molar-refractivity contribution < 1.29 is 9.21 Å². The van der Waals surface area contributed by atoms with Gasteiger partial charge in [0.1, 0.15) is 0 Å². The first-order chi connectivity index (χ1) is 13.0. The number of aromatic nitrogens is 2. The Bertz CT molecular complexity index is 895. The second-order valence-corrected chi connectivity index (χ2v) is 8.06. The van der Waals surface area contributed by atoms with Crippen LogP contribution in [0.2, 0.25) is 0 Å². The van der Waals surface area contributed by atoms with E-state index in [2.05, 4.69) is 38.4 Å². The number of benzene rings is 1. The topological polar surface area (TPSA) is 71.3 Å².